The first-order valence-corrected chi connectivity index (χ1v) is 7.88. The molecule has 7 heteroatoms. The van der Waals surface area contributed by atoms with Crippen LogP contribution in [-0.4, -0.2) is 71.2 Å². The third-order valence-electron chi connectivity index (χ3n) is 4.73. The number of rotatable bonds is 2. The van der Waals surface area contributed by atoms with Crippen LogP contribution in [0.5, 0.6) is 0 Å². The SMILES string of the molecule is CN1CCCN(C(=O)C2(n3cccn3)CCNCC2)CC1=O. The van der Waals surface area contributed by atoms with Gasteiger partial charge in [-0.25, -0.2) is 0 Å². The van der Waals surface area contributed by atoms with Gasteiger partial charge in [0, 0.05) is 32.5 Å². The maximum absolute atomic E-state index is 13.2. The molecule has 0 atom stereocenters. The van der Waals surface area contributed by atoms with E-state index in [1.165, 1.54) is 0 Å². The van der Waals surface area contributed by atoms with Crippen molar-refractivity contribution in [1.82, 2.24) is 24.9 Å². The van der Waals surface area contributed by atoms with Gasteiger partial charge in [0.05, 0.1) is 6.54 Å². The lowest BCUT2D eigenvalue weighted by Crippen LogP contribution is -2.56. The van der Waals surface area contributed by atoms with Gasteiger partial charge in [0.2, 0.25) is 5.91 Å². The smallest absolute Gasteiger partial charge is 0.251 e. The molecule has 1 N–H and O–H groups in total. The van der Waals surface area contributed by atoms with Gasteiger partial charge >= 0.3 is 0 Å². The lowest BCUT2D eigenvalue weighted by atomic mass is 9.86. The molecule has 0 unspecified atom stereocenters. The fraction of sp³-hybridized carbons (Fsp3) is 0.667. The summed E-state index contributed by atoms with van der Waals surface area (Å²) in [6.07, 6.45) is 5.79. The largest absolute Gasteiger partial charge is 0.344 e. The van der Waals surface area contributed by atoms with E-state index in [2.05, 4.69) is 10.4 Å². The van der Waals surface area contributed by atoms with Gasteiger partial charge in [0.1, 0.15) is 5.54 Å². The second-order valence-corrected chi connectivity index (χ2v) is 6.13. The lowest BCUT2D eigenvalue weighted by molar-refractivity contribution is -0.146. The van der Waals surface area contributed by atoms with E-state index >= 15 is 0 Å². The minimum atomic E-state index is -0.655. The van der Waals surface area contributed by atoms with Crippen molar-refractivity contribution in [2.75, 3.05) is 39.8 Å². The van der Waals surface area contributed by atoms with Gasteiger partial charge in [-0.15, -0.1) is 0 Å². The molecule has 3 heterocycles. The van der Waals surface area contributed by atoms with E-state index in [-0.39, 0.29) is 18.4 Å². The van der Waals surface area contributed by atoms with Crippen LogP contribution < -0.4 is 5.32 Å². The van der Waals surface area contributed by atoms with Crippen LogP contribution in [-0.2, 0) is 15.1 Å². The van der Waals surface area contributed by atoms with Crippen molar-refractivity contribution >= 4 is 11.8 Å². The second kappa shape index (κ2) is 6.08. The highest BCUT2D eigenvalue weighted by Crippen LogP contribution is 2.29. The summed E-state index contributed by atoms with van der Waals surface area (Å²) in [6.45, 7) is 3.08. The van der Waals surface area contributed by atoms with Crippen molar-refractivity contribution < 1.29 is 9.59 Å². The molecule has 120 valence electrons. The molecule has 1 aromatic heterocycles. The van der Waals surface area contributed by atoms with Gasteiger partial charge in [0.15, 0.2) is 0 Å². The van der Waals surface area contributed by atoms with Crippen molar-refractivity contribution in [2.45, 2.75) is 24.8 Å². The van der Waals surface area contributed by atoms with Crippen LogP contribution in [0.3, 0.4) is 0 Å². The van der Waals surface area contributed by atoms with E-state index in [0.29, 0.717) is 25.9 Å². The monoisotopic (exact) mass is 305 g/mol. The van der Waals surface area contributed by atoms with Gasteiger partial charge in [-0.2, -0.15) is 5.10 Å². The number of nitrogens with one attached hydrogen (secondary N) is 1. The Kier molecular flexibility index (Phi) is 4.15. The third kappa shape index (κ3) is 2.61. The molecule has 0 spiro atoms. The summed E-state index contributed by atoms with van der Waals surface area (Å²) in [7, 11) is 1.80. The Morgan fingerprint density at radius 1 is 1.32 bits per heavy atom. The molecule has 2 fully saturated rings. The number of nitrogens with zero attached hydrogens (tertiary/aromatic N) is 4. The van der Waals surface area contributed by atoms with E-state index in [9.17, 15) is 9.59 Å². The molecule has 2 amide bonds. The summed E-state index contributed by atoms with van der Waals surface area (Å²) in [5.41, 5.74) is -0.655. The van der Waals surface area contributed by atoms with Gasteiger partial charge in [-0.1, -0.05) is 0 Å². The van der Waals surface area contributed by atoms with Gasteiger partial charge in [0.25, 0.3) is 5.91 Å². The minimum Gasteiger partial charge on any atom is -0.344 e. The predicted molar refractivity (Wildman–Crippen MR) is 81.1 cm³/mol. The highest BCUT2D eigenvalue weighted by molar-refractivity contribution is 5.89. The number of aromatic nitrogens is 2. The van der Waals surface area contributed by atoms with Crippen molar-refractivity contribution in [2.24, 2.45) is 0 Å². The molecule has 22 heavy (non-hydrogen) atoms. The summed E-state index contributed by atoms with van der Waals surface area (Å²) < 4.78 is 1.79. The summed E-state index contributed by atoms with van der Waals surface area (Å²) >= 11 is 0. The third-order valence-corrected chi connectivity index (χ3v) is 4.73. The zero-order valence-corrected chi connectivity index (χ0v) is 13.0. The van der Waals surface area contributed by atoms with Gasteiger partial charge in [-0.05, 0) is 38.4 Å². The van der Waals surface area contributed by atoms with E-state index in [4.69, 9.17) is 0 Å². The Morgan fingerprint density at radius 2 is 2.09 bits per heavy atom. The Hall–Kier alpha value is -1.89. The molecule has 2 saturated heterocycles. The average Bonchev–Trinajstić information content (AvgIpc) is 3.03. The topological polar surface area (TPSA) is 70.5 Å². The Labute approximate surface area is 130 Å². The maximum Gasteiger partial charge on any atom is 0.251 e. The van der Waals surface area contributed by atoms with Crippen LogP contribution in [0, 0.1) is 0 Å². The van der Waals surface area contributed by atoms with Crippen LogP contribution in [0.15, 0.2) is 18.5 Å². The maximum atomic E-state index is 13.2. The van der Waals surface area contributed by atoms with Crippen LogP contribution in [0.25, 0.3) is 0 Å². The first-order valence-electron chi connectivity index (χ1n) is 7.88. The van der Waals surface area contributed by atoms with Crippen molar-refractivity contribution in [3.8, 4) is 0 Å². The summed E-state index contributed by atoms with van der Waals surface area (Å²) in [6, 6.07) is 1.85. The Balaban J connectivity index is 1.88. The molecule has 0 saturated carbocycles. The number of carbonyl (C=O) groups excluding carboxylic acids is 2. The number of hydrogen-bond donors (Lipinski definition) is 1. The molecule has 7 nitrogen and oxygen atoms in total. The predicted octanol–water partition coefficient (Wildman–Crippen LogP) is -0.347. The Bertz CT molecular complexity index is 536. The van der Waals surface area contributed by atoms with E-state index in [0.717, 1.165) is 19.5 Å². The highest BCUT2D eigenvalue weighted by Gasteiger charge is 2.45. The number of carbonyl (C=O) groups is 2. The van der Waals surface area contributed by atoms with Crippen LogP contribution in [0.4, 0.5) is 0 Å². The quantitative estimate of drug-likeness (QED) is 0.811. The molecule has 3 rings (SSSR count). The summed E-state index contributed by atoms with van der Waals surface area (Å²) in [5, 5.41) is 7.63. The number of amides is 2. The Morgan fingerprint density at radius 3 is 2.77 bits per heavy atom. The average molecular weight is 305 g/mol. The summed E-state index contributed by atoms with van der Waals surface area (Å²) in [4.78, 5) is 28.8. The molecule has 0 aromatic carbocycles. The molecule has 1 aromatic rings. The van der Waals surface area contributed by atoms with E-state index in [1.54, 1.807) is 27.7 Å². The summed E-state index contributed by atoms with van der Waals surface area (Å²) in [5.74, 6) is 0.0387. The first-order chi connectivity index (χ1) is 10.6. The number of piperidine rings is 1. The van der Waals surface area contributed by atoms with E-state index in [1.807, 2.05) is 12.3 Å². The van der Waals surface area contributed by atoms with Crippen molar-refractivity contribution in [3.63, 3.8) is 0 Å². The number of likely N-dealkylation sites (N-methyl/N-ethyl adjacent to an activating group) is 1. The van der Waals surface area contributed by atoms with E-state index < -0.39 is 5.54 Å². The fourth-order valence-corrected chi connectivity index (χ4v) is 3.36. The molecule has 0 aliphatic carbocycles. The van der Waals surface area contributed by atoms with Crippen LogP contribution >= 0.6 is 0 Å². The minimum absolute atomic E-state index is 0.00963. The number of hydrogen-bond acceptors (Lipinski definition) is 4. The van der Waals surface area contributed by atoms with Crippen LogP contribution in [0.1, 0.15) is 19.3 Å². The highest BCUT2D eigenvalue weighted by atomic mass is 16.2. The lowest BCUT2D eigenvalue weighted by Gasteiger charge is -2.39. The zero-order chi connectivity index (χ0) is 15.6. The molecule has 2 aliphatic heterocycles. The normalized spacial score (nSPS) is 22.5. The molecular formula is C15H23N5O2. The molecule has 0 radical (unpaired) electrons. The molecule has 0 bridgehead atoms. The second-order valence-electron chi connectivity index (χ2n) is 6.13. The molecule has 2 aliphatic rings. The zero-order valence-electron chi connectivity index (χ0n) is 13.0. The standard InChI is InChI=1S/C15H23N5O2/c1-18-9-3-10-19(12-13(18)21)14(22)15(4-7-16-8-5-15)20-11-2-6-17-20/h2,6,11,16H,3-5,7-10,12H2,1H3. The van der Waals surface area contributed by atoms with Gasteiger partial charge in [-0.3, -0.25) is 14.3 Å². The van der Waals surface area contributed by atoms with Crippen LogP contribution in [0.2, 0.25) is 0 Å². The molecular weight excluding hydrogens is 282 g/mol. The first kappa shape index (κ1) is 15.0. The van der Waals surface area contributed by atoms with Crippen molar-refractivity contribution in [3.05, 3.63) is 18.5 Å². The van der Waals surface area contributed by atoms with Crippen molar-refractivity contribution in [1.29, 1.82) is 0 Å². The van der Waals surface area contributed by atoms with Gasteiger partial charge < -0.3 is 15.1 Å². The fourth-order valence-electron chi connectivity index (χ4n) is 3.36.